The molecule has 0 fully saturated rings. The van der Waals surface area contributed by atoms with E-state index in [4.69, 9.17) is 11.6 Å². The van der Waals surface area contributed by atoms with E-state index in [-0.39, 0.29) is 0 Å². The predicted octanol–water partition coefficient (Wildman–Crippen LogP) is 3.11. The number of halogens is 1. The van der Waals surface area contributed by atoms with Crippen molar-refractivity contribution < 1.29 is 4.79 Å². The molecule has 0 atom stereocenters. The van der Waals surface area contributed by atoms with Gasteiger partial charge in [-0.15, -0.1) is 0 Å². The number of hydrogen-bond donors (Lipinski definition) is 0. The van der Waals surface area contributed by atoms with Gasteiger partial charge in [0.25, 0.3) is 0 Å². The van der Waals surface area contributed by atoms with E-state index in [9.17, 15) is 4.79 Å². The zero-order valence-electron chi connectivity index (χ0n) is 7.01. The maximum Gasteiger partial charge on any atom is 0.150 e. The molecule has 0 aliphatic rings. The number of rotatable bonds is 3. The van der Waals surface area contributed by atoms with Crippen LogP contribution in [0.25, 0.3) is 0 Å². The molecular formula is C10H11ClO. The quantitative estimate of drug-likeness (QED) is 0.657. The first-order chi connectivity index (χ1) is 5.77. The van der Waals surface area contributed by atoms with Crippen LogP contribution in [0.4, 0.5) is 0 Å². The van der Waals surface area contributed by atoms with Crippen LogP contribution < -0.4 is 0 Å². The van der Waals surface area contributed by atoms with Crippen molar-refractivity contribution in [3.8, 4) is 0 Å². The van der Waals surface area contributed by atoms with E-state index in [2.05, 4.69) is 6.92 Å². The molecule has 0 amide bonds. The Morgan fingerprint density at radius 3 is 2.83 bits per heavy atom. The summed E-state index contributed by atoms with van der Waals surface area (Å²) in [5.74, 6) is 0. The SMILES string of the molecule is CCCc1cc(C=O)ccc1Cl. The normalized spacial score (nSPS) is 9.83. The molecule has 1 aromatic rings. The summed E-state index contributed by atoms with van der Waals surface area (Å²) in [5, 5.41) is 0.752. The zero-order chi connectivity index (χ0) is 8.97. The standard InChI is InChI=1S/C10H11ClO/c1-2-3-9-6-8(7-12)4-5-10(9)11/h4-7H,2-3H2,1H3. The summed E-state index contributed by atoms with van der Waals surface area (Å²) < 4.78 is 0. The van der Waals surface area contributed by atoms with Crippen molar-refractivity contribution in [2.24, 2.45) is 0 Å². The van der Waals surface area contributed by atoms with Crippen LogP contribution in [0.15, 0.2) is 18.2 Å². The van der Waals surface area contributed by atoms with Crippen LogP contribution in [-0.4, -0.2) is 6.29 Å². The number of carbonyl (C=O) groups is 1. The fraction of sp³-hybridized carbons (Fsp3) is 0.300. The largest absolute Gasteiger partial charge is 0.298 e. The van der Waals surface area contributed by atoms with Crippen molar-refractivity contribution in [1.29, 1.82) is 0 Å². The van der Waals surface area contributed by atoms with Crippen LogP contribution in [-0.2, 0) is 6.42 Å². The van der Waals surface area contributed by atoms with Crippen LogP contribution in [0.2, 0.25) is 5.02 Å². The summed E-state index contributed by atoms with van der Waals surface area (Å²) in [6, 6.07) is 5.35. The van der Waals surface area contributed by atoms with Crippen molar-refractivity contribution in [2.75, 3.05) is 0 Å². The Bertz CT molecular complexity index is 281. The van der Waals surface area contributed by atoms with Crippen LogP contribution in [0.1, 0.15) is 29.3 Å². The highest BCUT2D eigenvalue weighted by molar-refractivity contribution is 6.31. The Balaban J connectivity index is 2.99. The van der Waals surface area contributed by atoms with Gasteiger partial charge in [-0.3, -0.25) is 4.79 Å². The number of aryl methyl sites for hydroxylation is 1. The molecule has 0 spiro atoms. The minimum absolute atomic E-state index is 0.697. The third-order valence-electron chi connectivity index (χ3n) is 1.73. The Morgan fingerprint density at radius 1 is 1.50 bits per heavy atom. The molecular weight excluding hydrogens is 172 g/mol. The van der Waals surface area contributed by atoms with Gasteiger partial charge in [0.05, 0.1) is 0 Å². The second-order valence-electron chi connectivity index (χ2n) is 2.72. The van der Waals surface area contributed by atoms with Crippen LogP contribution >= 0.6 is 11.6 Å². The van der Waals surface area contributed by atoms with Crippen LogP contribution in [0.3, 0.4) is 0 Å². The molecule has 0 aromatic heterocycles. The first-order valence-corrected chi connectivity index (χ1v) is 4.39. The highest BCUT2D eigenvalue weighted by Crippen LogP contribution is 2.18. The lowest BCUT2D eigenvalue weighted by Gasteiger charge is -2.01. The van der Waals surface area contributed by atoms with E-state index < -0.39 is 0 Å². The third kappa shape index (κ3) is 2.08. The molecule has 0 aliphatic heterocycles. The van der Waals surface area contributed by atoms with Crippen molar-refractivity contribution in [3.05, 3.63) is 34.3 Å². The Kier molecular flexibility index (Phi) is 3.30. The van der Waals surface area contributed by atoms with Crippen molar-refractivity contribution in [3.63, 3.8) is 0 Å². The Hall–Kier alpha value is -0.820. The molecule has 0 bridgehead atoms. The third-order valence-corrected chi connectivity index (χ3v) is 2.09. The van der Waals surface area contributed by atoms with Gasteiger partial charge in [-0.2, -0.15) is 0 Å². The van der Waals surface area contributed by atoms with Crippen LogP contribution in [0, 0.1) is 0 Å². The highest BCUT2D eigenvalue weighted by Gasteiger charge is 1.99. The lowest BCUT2D eigenvalue weighted by molar-refractivity contribution is 0.112. The van der Waals surface area contributed by atoms with Gasteiger partial charge in [0.15, 0.2) is 0 Å². The molecule has 0 radical (unpaired) electrons. The highest BCUT2D eigenvalue weighted by atomic mass is 35.5. The molecule has 0 saturated carbocycles. The van der Waals surface area contributed by atoms with E-state index in [0.29, 0.717) is 5.56 Å². The van der Waals surface area contributed by atoms with Crippen molar-refractivity contribution in [2.45, 2.75) is 19.8 Å². The molecule has 0 unspecified atom stereocenters. The van der Waals surface area contributed by atoms with Gasteiger partial charge in [0.1, 0.15) is 6.29 Å². The van der Waals surface area contributed by atoms with Gasteiger partial charge in [-0.1, -0.05) is 31.0 Å². The molecule has 0 aliphatic carbocycles. The fourth-order valence-corrected chi connectivity index (χ4v) is 1.34. The Labute approximate surface area is 77.4 Å². The lowest BCUT2D eigenvalue weighted by atomic mass is 10.1. The van der Waals surface area contributed by atoms with Gasteiger partial charge in [-0.25, -0.2) is 0 Å². The molecule has 0 saturated heterocycles. The predicted molar refractivity (Wildman–Crippen MR) is 50.8 cm³/mol. The summed E-state index contributed by atoms with van der Waals surface area (Å²) in [4.78, 5) is 10.4. The average molecular weight is 183 g/mol. The Morgan fingerprint density at radius 2 is 2.25 bits per heavy atom. The summed E-state index contributed by atoms with van der Waals surface area (Å²) >= 11 is 5.92. The van der Waals surface area contributed by atoms with Gasteiger partial charge in [0, 0.05) is 10.6 Å². The molecule has 2 heteroatoms. The number of hydrogen-bond acceptors (Lipinski definition) is 1. The first-order valence-electron chi connectivity index (χ1n) is 4.01. The molecule has 64 valence electrons. The molecule has 0 N–H and O–H groups in total. The van der Waals surface area contributed by atoms with E-state index >= 15 is 0 Å². The number of carbonyl (C=O) groups excluding carboxylic acids is 1. The average Bonchev–Trinajstić information content (AvgIpc) is 2.09. The van der Waals surface area contributed by atoms with Gasteiger partial charge >= 0.3 is 0 Å². The second-order valence-corrected chi connectivity index (χ2v) is 3.13. The molecule has 1 aromatic carbocycles. The van der Waals surface area contributed by atoms with Gasteiger partial charge in [-0.05, 0) is 24.1 Å². The zero-order valence-corrected chi connectivity index (χ0v) is 7.77. The number of aldehydes is 1. The summed E-state index contributed by atoms with van der Waals surface area (Å²) in [6.45, 7) is 2.09. The molecule has 0 heterocycles. The molecule has 1 rings (SSSR count). The molecule has 1 nitrogen and oxygen atoms in total. The first kappa shape index (κ1) is 9.27. The summed E-state index contributed by atoms with van der Waals surface area (Å²) in [7, 11) is 0. The maximum atomic E-state index is 10.4. The topological polar surface area (TPSA) is 17.1 Å². The van der Waals surface area contributed by atoms with Crippen molar-refractivity contribution >= 4 is 17.9 Å². The minimum atomic E-state index is 0.697. The maximum absolute atomic E-state index is 10.4. The summed E-state index contributed by atoms with van der Waals surface area (Å²) in [6.07, 6.45) is 2.82. The fourth-order valence-electron chi connectivity index (χ4n) is 1.13. The van der Waals surface area contributed by atoms with E-state index in [1.54, 1.807) is 12.1 Å². The molecule has 12 heavy (non-hydrogen) atoms. The number of benzene rings is 1. The van der Waals surface area contributed by atoms with Crippen molar-refractivity contribution in [1.82, 2.24) is 0 Å². The van der Waals surface area contributed by atoms with E-state index in [0.717, 1.165) is 29.7 Å². The van der Waals surface area contributed by atoms with E-state index in [1.165, 1.54) is 0 Å². The summed E-state index contributed by atoms with van der Waals surface area (Å²) in [5.41, 5.74) is 1.76. The van der Waals surface area contributed by atoms with Gasteiger partial charge in [0.2, 0.25) is 0 Å². The van der Waals surface area contributed by atoms with Gasteiger partial charge < -0.3 is 0 Å². The smallest absolute Gasteiger partial charge is 0.150 e. The second kappa shape index (κ2) is 4.27. The minimum Gasteiger partial charge on any atom is -0.298 e. The van der Waals surface area contributed by atoms with E-state index in [1.807, 2.05) is 6.07 Å². The van der Waals surface area contributed by atoms with Crippen LogP contribution in [0.5, 0.6) is 0 Å². The monoisotopic (exact) mass is 182 g/mol. The lowest BCUT2D eigenvalue weighted by Crippen LogP contribution is -1.88.